The molecule has 6 nitrogen and oxygen atoms in total. The first-order valence-corrected chi connectivity index (χ1v) is 10.0. The predicted molar refractivity (Wildman–Crippen MR) is 102 cm³/mol. The third-order valence-corrected chi connectivity index (χ3v) is 6.18. The van der Waals surface area contributed by atoms with Crippen LogP contribution < -0.4 is 4.90 Å². The zero-order chi connectivity index (χ0) is 17.3. The van der Waals surface area contributed by atoms with Gasteiger partial charge in [0.15, 0.2) is 0 Å². The largest absolute Gasteiger partial charge is 0.354 e. The molecule has 0 aromatic carbocycles. The SMILES string of the molecule is c1ccc(N2CCN(C3CN(Cc4cnc5n4CCCC5)C3)CC2)nc1. The van der Waals surface area contributed by atoms with E-state index < -0.39 is 0 Å². The summed E-state index contributed by atoms with van der Waals surface area (Å²) in [6.07, 6.45) is 7.76. The first kappa shape index (κ1) is 16.3. The van der Waals surface area contributed by atoms with Crippen molar-refractivity contribution in [2.24, 2.45) is 0 Å². The molecule has 5 heterocycles. The summed E-state index contributed by atoms with van der Waals surface area (Å²) in [6, 6.07) is 6.91. The van der Waals surface area contributed by atoms with Crippen molar-refractivity contribution in [1.29, 1.82) is 0 Å². The lowest BCUT2D eigenvalue weighted by Crippen LogP contribution is -2.62. The van der Waals surface area contributed by atoms with E-state index >= 15 is 0 Å². The van der Waals surface area contributed by atoms with Gasteiger partial charge in [0.05, 0.1) is 5.69 Å². The van der Waals surface area contributed by atoms with Crippen LogP contribution in [0.5, 0.6) is 0 Å². The van der Waals surface area contributed by atoms with E-state index in [2.05, 4.69) is 47.6 Å². The molecule has 6 heteroatoms. The third-order valence-electron chi connectivity index (χ3n) is 6.18. The van der Waals surface area contributed by atoms with Crippen LogP contribution in [-0.2, 0) is 19.5 Å². The highest BCUT2D eigenvalue weighted by Crippen LogP contribution is 2.23. The smallest absolute Gasteiger partial charge is 0.128 e. The van der Waals surface area contributed by atoms with Gasteiger partial charge in [0, 0.05) is 77.2 Å². The quantitative estimate of drug-likeness (QED) is 0.836. The standard InChI is InChI=1S/C20H28N6/c1-3-7-21-19(5-1)25-11-9-24(10-12-25)18-15-23(16-18)14-17-13-22-20-6-2-4-8-26(17)20/h1,3,5,7,13,18H,2,4,6,8-12,14-16H2. The third kappa shape index (κ3) is 3.12. The Morgan fingerprint density at radius 1 is 0.962 bits per heavy atom. The van der Waals surface area contributed by atoms with Crippen molar-refractivity contribution in [1.82, 2.24) is 24.3 Å². The number of hydrogen-bond acceptors (Lipinski definition) is 5. The molecule has 0 atom stereocenters. The van der Waals surface area contributed by atoms with Gasteiger partial charge in [0.2, 0.25) is 0 Å². The van der Waals surface area contributed by atoms with E-state index in [-0.39, 0.29) is 0 Å². The van der Waals surface area contributed by atoms with Gasteiger partial charge in [0.25, 0.3) is 0 Å². The molecule has 2 saturated heterocycles. The lowest BCUT2D eigenvalue weighted by atomic mass is 10.1. The summed E-state index contributed by atoms with van der Waals surface area (Å²) in [5.74, 6) is 2.42. The molecule has 0 radical (unpaired) electrons. The van der Waals surface area contributed by atoms with E-state index in [1.165, 1.54) is 37.4 Å². The Hall–Kier alpha value is -1.92. The number of pyridine rings is 1. The minimum atomic E-state index is 0.727. The molecule has 2 aromatic rings. The van der Waals surface area contributed by atoms with Gasteiger partial charge in [-0.05, 0) is 25.0 Å². The summed E-state index contributed by atoms with van der Waals surface area (Å²) < 4.78 is 2.46. The van der Waals surface area contributed by atoms with E-state index in [4.69, 9.17) is 0 Å². The maximum Gasteiger partial charge on any atom is 0.128 e. The van der Waals surface area contributed by atoms with E-state index in [9.17, 15) is 0 Å². The van der Waals surface area contributed by atoms with E-state index in [1.807, 2.05) is 12.3 Å². The minimum absolute atomic E-state index is 0.727. The van der Waals surface area contributed by atoms with Crippen molar-refractivity contribution in [3.63, 3.8) is 0 Å². The van der Waals surface area contributed by atoms with E-state index in [0.717, 1.165) is 57.5 Å². The molecule has 0 unspecified atom stereocenters. The average molecular weight is 352 g/mol. The number of anilines is 1. The zero-order valence-corrected chi connectivity index (χ0v) is 15.4. The Morgan fingerprint density at radius 2 is 1.85 bits per heavy atom. The molecule has 3 aliphatic heterocycles. The van der Waals surface area contributed by atoms with Crippen molar-refractivity contribution in [2.45, 2.75) is 38.4 Å². The van der Waals surface area contributed by atoms with Crippen LogP contribution in [0, 0.1) is 0 Å². The summed E-state index contributed by atoms with van der Waals surface area (Å²) in [4.78, 5) is 16.8. The molecular formula is C20H28N6. The molecule has 2 aromatic heterocycles. The van der Waals surface area contributed by atoms with Crippen LogP contribution in [-0.4, -0.2) is 69.6 Å². The van der Waals surface area contributed by atoms with Gasteiger partial charge in [-0.3, -0.25) is 9.80 Å². The van der Waals surface area contributed by atoms with E-state index in [1.54, 1.807) is 0 Å². The molecule has 0 N–H and O–H groups in total. The Balaban J connectivity index is 1.11. The number of hydrogen-bond donors (Lipinski definition) is 0. The Labute approximate surface area is 155 Å². The van der Waals surface area contributed by atoms with Crippen LogP contribution in [0.1, 0.15) is 24.4 Å². The first-order chi connectivity index (χ1) is 12.9. The summed E-state index contributed by atoms with van der Waals surface area (Å²) in [5, 5.41) is 0. The number of nitrogens with zero attached hydrogens (tertiary/aromatic N) is 6. The van der Waals surface area contributed by atoms with Crippen molar-refractivity contribution in [3.05, 3.63) is 42.1 Å². The van der Waals surface area contributed by atoms with Crippen molar-refractivity contribution in [3.8, 4) is 0 Å². The Morgan fingerprint density at radius 3 is 2.65 bits per heavy atom. The number of likely N-dealkylation sites (tertiary alicyclic amines) is 1. The highest BCUT2D eigenvalue weighted by atomic mass is 15.4. The topological polar surface area (TPSA) is 40.4 Å². The first-order valence-electron chi connectivity index (χ1n) is 10.0. The second kappa shape index (κ2) is 7.00. The number of piperazine rings is 1. The average Bonchev–Trinajstić information content (AvgIpc) is 3.08. The van der Waals surface area contributed by atoms with Gasteiger partial charge in [0.1, 0.15) is 11.6 Å². The van der Waals surface area contributed by atoms with Gasteiger partial charge in [-0.25, -0.2) is 9.97 Å². The number of fused-ring (bicyclic) bond motifs is 1. The maximum atomic E-state index is 4.63. The maximum absolute atomic E-state index is 4.63. The van der Waals surface area contributed by atoms with Gasteiger partial charge in [-0.15, -0.1) is 0 Å². The highest BCUT2D eigenvalue weighted by Gasteiger charge is 2.34. The summed E-state index contributed by atoms with van der Waals surface area (Å²) in [5.41, 5.74) is 1.41. The van der Waals surface area contributed by atoms with Crippen LogP contribution >= 0.6 is 0 Å². The number of aromatic nitrogens is 3. The van der Waals surface area contributed by atoms with Crippen LogP contribution in [0.2, 0.25) is 0 Å². The summed E-state index contributed by atoms with van der Waals surface area (Å²) in [7, 11) is 0. The van der Waals surface area contributed by atoms with E-state index in [0.29, 0.717) is 0 Å². The normalized spacial score (nSPS) is 22.2. The second-order valence-corrected chi connectivity index (χ2v) is 7.83. The Kier molecular flexibility index (Phi) is 4.38. The van der Waals surface area contributed by atoms with Crippen LogP contribution in [0.15, 0.2) is 30.6 Å². The Bertz CT molecular complexity index is 728. The fourth-order valence-electron chi connectivity index (χ4n) is 4.59. The van der Waals surface area contributed by atoms with Crippen LogP contribution in [0.4, 0.5) is 5.82 Å². The molecule has 0 saturated carbocycles. The molecule has 2 fully saturated rings. The van der Waals surface area contributed by atoms with Gasteiger partial charge in [-0.2, -0.15) is 0 Å². The lowest BCUT2D eigenvalue weighted by molar-refractivity contribution is 0.0240. The molecule has 0 spiro atoms. The molecule has 26 heavy (non-hydrogen) atoms. The molecule has 0 bridgehead atoms. The molecule has 3 aliphatic rings. The minimum Gasteiger partial charge on any atom is -0.354 e. The summed E-state index contributed by atoms with van der Waals surface area (Å²) >= 11 is 0. The molecular weight excluding hydrogens is 324 g/mol. The molecule has 0 amide bonds. The number of aryl methyl sites for hydroxylation is 1. The fraction of sp³-hybridized carbons (Fsp3) is 0.600. The highest BCUT2D eigenvalue weighted by molar-refractivity contribution is 5.38. The monoisotopic (exact) mass is 352 g/mol. The second-order valence-electron chi connectivity index (χ2n) is 7.83. The van der Waals surface area contributed by atoms with Gasteiger partial charge < -0.3 is 9.47 Å². The lowest BCUT2D eigenvalue weighted by Gasteiger charge is -2.48. The fourth-order valence-corrected chi connectivity index (χ4v) is 4.59. The zero-order valence-electron chi connectivity index (χ0n) is 15.4. The van der Waals surface area contributed by atoms with Crippen molar-refractivity contribution < 1.29 is 0 Å². The number of imidazole rings is 1. The van der Waals surface area contributed by atoms with Gasteiger partial charge in [-0.1, -0.05) is 6.07 Å². The van der Waals surface area contributed by atoms with Crippen LogP contribution in [0.25, 0.3) is 0 Å². The molecule has 0 aliphatic carbocycles. The molecule has 5 rings (SSSR count). The summed E-state index contributed by atoms with van der Waals surface area (Å²) in [6.45, 7) is 9.10. The van der Waals surface area contributed by atoms with Crippen molar-refractivity contribution in [2.75, 3.05) is 44.2 Å². The number of rotatable bonds is 4. The molecule has 138 valence electrons. The van der Waals surface area contributed by atoms with Crippen LogP contribution in [0.3, 0.4) is 0 Å². The predicted octanol–water partition coefficient (Wildman–Crippen LogP) is 1.62. The van der Waals surface area contributed by atoms with Crippen molar-refractivity contribution >= 4 is 5.82 Å². The van der Waals surface area contributed by atoms with Gasteiger partial charge >= 0.3 is 0 Å².